The van der Waals surface area contributed by atoms with E-state index in [0.29, 0.717) is 12.6 Å². The van der Waals surface area contributed by atoms with Crippen LogP contribution in [-0.2, 0) is 0 Å². The Bertz CT molecular complexity index is 248. The van der Waals surface area contributed by atoms with Crippen molar-refractivity contribution < 1.29 is 5.11 Å². The van der Waals surface area contributed by atoms with E-state index < -0.39 is 0 Å². The Morgan fingerprint density at radius 2 is 2.00 bits per heavy atom. The van der Waals surface area contributed by atoms with Crippen LogP contribution in [0.25, 0.3) is 0 Å². The van der Waals surface area contributed by atoms with Gasteiger partial charge in [0.25, 0.3) is 0 Å². The van der Waals surface area contributed by atoms with Gasteiger partial charge in [0.05, 0.1) is 6.61 Å². The van der Waals surface area contributed by atoms with Gasteiger partial charge in [-0.3, -0.25) is 0 Å². The Hall–Kier alpha value is -0.130. The smallest absolute Gasteiger partial charge is 0.0556 e. The predicted molar refractivity (Wildman–Crippen MR) is 62.7 cm³/mol. The topological polar surface area (TPSA) is 32.3 Å². The van der Waals surface area contributed by atoms with Gasteiger partial charge < -0.3 is 10.4 Å². The maximum atomic E-state index is 8.64. The van der Waals surface area contributed by atoms with Crippen molar-refractivity contribution in [1.29, 1.82) is 0 Å². The molecular weight excluding hydrogens is 277 g/mol. The third-order valence-electron chi connectivity index (χ3n) is 1.93. The van der Waals surface area contributed by atoms with Crippen LogP contribution in [0.3, 0.4) is 0 Å². The molecule has 0 aliphatic carbocycles. The minimum atomic E-state index is 0.189. The van der Waals surface area contributed by atoms with Crippen molar-refractivity contribution in [2.75, 3.05) is 13.2 Å². The van der Waals surface area contributed by atoms with Gasteiger partial charge in [0.1, 0.15) is 0 Å². The molecule has 2 N–H and O–H groups in total. The average molecular weight is 291 g/mol. The van der Waals surface area contributed by atoms with E-state index >= 15 is 0 Å². The van der Waals surface area contributed by atoms with Gasteiger partial charge in [-0.2, -0.15) is 0 Å². The molecule has 3 heteroatoms. The summed E-state index contributed by atoms with van der Waals surface area (Å²) in [5, 5.41) is 11.9. The third-order valence-corrected chi connectivity index (χ3v) is 2.65. The average Bonchev–Trinajstić information content (AvgIpc) is 2.15. The van der Waals surface area contributed by atoms with Crippen molar-refractivity contribution in [2.24, 2.45) is 0 Å². The molecule has 0 aliphatic heterocycles. The van der Waals surface area contributed by atoms with Crippen LogP contribution in [0.4, 0.5) is 0 Å². The SMILES string of the molecule is CC(NCCO)c1ccc(I)cc1. The lowest BCUT2D eigenvalue weighted by atomic mass is 10.1. The van der Waals surface area contributed by atoms with E-state index in [-0.39, 0.29) is 6.61 Å². The summed E-state index contributed by atoms with van der Waals surface area (Å²) in [6, 6.07) is 8.71. The van der Waals surface area contributed by atoms with E-state index in [2.05, 4.69) is 59.1 Å². The number of hydrogen-bond donors (Lipinski definition) is 2. The van der Waals surface area contributed by atoms with Gasteiger partial charge in [-0.1, -0.05) is 12.1 Å². The van der Waals surface area contributed by atoms with Crippen LogP contribution in [-0.4, -0.2) is 18.3 Å². The standard InChI is InChI=1S/C10H14INO/c1-8(12-6-7-13)9-2-4-10(11)5-3-9/h2-5,8,12-13H,6-7H2,1H3. The lowest BCUT2D eigenvalue weighted by Gasteiger charge is -2.12. The van der Waals surface area contributed by atoms with Crippen LogP contribution in [0.1, 0.15) is 18.5 Å². The summed E-state index contributed by atoms with van der Waals surface area (Å²) in [7, 11) is 0. The van der Waals surface area contributed by atoms with E-state index in [1.807, 2.05) is 0 Å². The van der Waals surface area contributed by atoms with E-state index in [1.165, 1.54) is 9.13 Å². The van der Waals surface area contributed by atoms with Crippen molar-refractivity contribution in [3.63, 3.8) is 0 Å². The maximum Gasteiger partial charge on any atom is 0.0556 e. The summed E-state index contributed by atoms with van der Waals surface area (Å²) < 4.78 is 1.25. The molecule has 0 spiro atoms. The second-order valence-corrected chi connectivity index (χ2v) is 4.20. The number of hydrogen-bond acceptors (Lipinski definition) is 2. The fraction of sp³-hybridized carbons (Fsp3) is 0.400. The highest BCUT2D eigenvalue weighted by Gasteiger charge is 2.02. The first-order valence-electron chi connectivity index (χ1n) is 4.33. The lowest BCUT2D eigenvalue weighted by Crippen LogP contribution is -2.21. The Morgan fingerprint density at radius 3 is 2.54 bits per heavy atom. The molecule has 13 heavy (non-hydrogen) atoms. The van der Waals surface area contributed by atoms with Crippen molar-refractivity contribution in [3.05, 3.63) is 33.4 Å². The fourth-order valence-corrected chi connectivity index (χ4v) is 1.51. The zero-order chi connectivity index (χ0) is 9.68. The largest absolute Gasteiger partial charge is 0.395 e. The molecule has 1 rings (SSSR count). The van der Waals surface area contributed by atoms with Crippen molar-refractivity contribution >= 4 is 22.6 Å². The summed E-state index contributed by atoms with van der Waals surface area (Å²) in [6.07, 6.45) is 0. The van der Waals surface area contributed by atoms with Gasteiger partial charge in [0.15, 0.2) is 0 Å². The summed E-state index contributed by atoms with van der Waals surface area (Å²) in [5.41, 5.74) is 1.26. The zero-order valence-corrected chi connectivity index (χ0v) is 9.78. The third kappa shape index (κ3) is 3.62. The minimum absolute atomic E-state index is 0.189. The highest BCUT2D eigenvalue weighted by atomic mass is 127. The molecule has 0 aliphatic rings. The molecule has 1 aromatic rings. The summed E-state index contributed by atoms with van der Waals surface area (Å²) in [6.45, 7) is 2.93. The van der Waals surface area contributed by atoms with E-state index in [9.17, 15) is 0 Å². The Morgan fingerprint density at radius 1 is 1.38 bits per heavy atom. The monoisotopic (exact) mass is 291 g/mol. The zero-order valence-electron chi connectivity index (χ0n) is 7.63. The van der Waals surface area contributed by atoms with Crippen LogP contribution < -0.4 is 5.32 Å². The first-order chi connectivity index (χ1) is 6.24. The Kier molecular flexibility index (Phi) is 4.69. The Labute approximate surface area is 92.5 Å². The molecule has 0 bridgehead atoms. The van der Waals surface area contributed by atoms with Crippen LogP contribution in [0, 0.1) is 3.57 Å². The number of aliphatic hydroxyl groups is 1. The number of aliphatic hydroxyl groups excluding tert-OH is 1. The molecule has 0 saturated heterocycles. The maximum absolute atomic E-state index is 8.64. The van der Waals surface area contributed by atoms with Gasteiger partial charge >= 0.3 is 0 Å². The van der Waals surface area contributed by atoms with Crippen LogP contribution >= 0.6 is 22.6 Å². The van der Waals surface area contributed by atoms with E-state index in [1.54, 1.807) is 0 Å². The molecule has 0 fully saturated rings. The van der Waals surface area contributed by atoms with E-state index in [4.69, 9.17) is 5.11 Å². The van der Waals surface area contributed by atoms with Gasteiger partial charge in [-0.25, -0.2) is 0 Å². The molecule has 1 atom stereocenters. The second-order valence-electron chi connectivity index (χ2n) is 2.95. The highest BCUT2D eigenvalue weighted by Crippen LogP contribution is 2.13. The molecule has 0 aromatic heterocycles. The van der Waals surface area contributed by atoms with Gasteiger partial charge in [-0.15, -0.1) is 0 Å². The van der Waals surface area contributed by atoms with Crippen LogP contribution in [0.2, 0.25) is 0 Å². The van der Waals surface area contributed by atoms with E-state index in [0.717, 1.165) is 0 Å². The molecule has 2 nitrogen and oxygen atoms in total. The number of halogens is 1. The number of rotatable bonds is 4. The molecule has 1 aromatic carbocycles. The molecule has 0 amide bonds. The summed E-state index contributed by atoms with van der Waals surface area (Å²) >= 11 is 2.29. The molecule has 1 unspecified atom stereocenters. The minimum Gasteiger partial charge on any atom is -0.395 e. The predicted octanol–water partition coefficient (Wildman–Crippen LogP) is 1.93. The normalized spacial score (nSPS) is 12.8. The van der Waals surface area contributed by atoms with Gasteiger partial charge in [0.2, 0.25) is 0 Å². The van der Waals surface area contributed by atoms with Crippen LogP contribution in [0.15, 0.2) is 24.3 Å². The van der Waals surface area contributed by atoms with Gasteiger partial charge in [0, 0.05) is 16.2 Å². The molecule has 0 saturated carbocycles. The fourth-order valence-electron chi connectivity index (χ4n) is 1.15. The van der Waals surface area contributed by atoms with Crippen LogP contribution in [0.5, 0.6) is 0 Å². The molecular formula is C10H14INO. The number of nitrogens with one attached hydrogen (secondary N) is 1. The summed E-state index contributed by atoms with van der Waals surface area (Å²) in [4.78, 5) is 0. The Balaban J connectivity index is 2.55. The second kappa shape index (κ2) is 5.57. The van der Waals surface area contributed by atoms with Gasteiger partial charge in [-0.05, 0) is 47.2 Å². The summed E-state index contributed by atoms with van der Waals surface area (Å²) in [5.74, 6) is 0. The van der Waals surface area contributed by atoms with Crippen molar-refractivity contribution in [2.45, 2.75) is 13.0 Å². The quantitative estimate of drug-likeness (QED) is 0.831. The first-order valence-corrected chi connectivity index (χ1v) is 5.41. The molecule has 72 valence electrons. The number of benzene rings is 1. The highest BCUT2D eigenvalue weighted by molar-refractivity contribution is 14.1. The molecule has 0 heterocycles. The molecule has 0 radical (unpaired) electrons. The first kappa shape index (κ1) is 10.9. The van der Waals surface area contributed by atoms with Crippen molar-refractivity contribution in [3.8, 4) is 0 Å². The van der Waals surface area contributed by atoms with Crippen molar-refractivity contribution in [1.82, 2.24) is 5.32 Å². The lowest BCUT2D eigenvalue weighted by molar-refractivity contribution is 0.286.